The van der Waals surface area contributed by atoms with Crippen LogP contribution >= 0.6 is 0 Å². The Morgan fingerprint density at radius 3 is 2.68 bits per heavy atom. The fraction of sp³-hybridized carbons (Fsp3) is 0.389. The summed E-state index contributed by atoms with van der Waals surface area (Å²) < 4.78 is 18.0. The van der Waals surface area contributed by atoms with E-state index in [9.17, 15) is 9.18 Å². The summed E-state index contributed by atoms with van der Waals surface area (Å²) in [5, 5.41) is 0. The van der Waals surface area contributed by atoms with Crippen molar-refractivity contribution in [3.63, 3.8) is 0 Å². The third-order valence-electron chi connectivity index (χ3n) is 3.46. The number of allylic oxidation sites excluding steroid dienone is 3. The number of hydrogen-bond donors (Lipinski definition) is 0. The maximum Gasteiger partial charge on any atom is 0.325 e. The van der Waals surface area contributed by atoms with Gasteiger partial charge >= 0.3 is 5.97 Å². The number of hydrogen-bond acceptors (Lipinski definition) is 3. The first-order valence-corrected chi connectivity index (χ1v) is 7.33. The molecule has 0 amide bonds. The molecule has 0 atom stereocenters. The van der Waals surface area contributed by atoms with E-state index in [-0.39, 0.29) is 18.3 Å². The lowest BCUT2D eigenvalue weighted by molar-refractivity contribution is -0.141. The van der Waals surface area contributed by atoms with Crippen molar-refractivity contribution in [3.8, 4) is 0 Å². The van der Waals surface area contributed by atoms with Gasteiger partial charge in [-0.2, -0.15) is 0 Å². The fourth-order valence-electron chi connectivity index (χ4n) is 2.12. The van der Waals surface area contributed by atoms with E-state index in [4.69, 9.17) is 4.74 Å². The van der Waals surface area contributed by atoms with E-state index in [1.807, 2.05) is 18.0 Å². The highest BCUT2D eigenvalue weighted by molar-refractivity contribution is 5.74. The maximum absolute atomic E-state index is 13.4. The van der Waals surface area contributed by atoms with Gasteiger partial charge < -0.3 is 9.64 Å². The highest BCUT2D eigenvalue weighted by Crippen LogP contribution is 2.21. The zero-order chi connectivity index (χ0) is 16.7. The van der Waals surface area contributed by atoms with E-state index < -0.39 is 0 Å². The Bertz CT molecular complexity index is 578. The zero-order valence-corrected chi connectivity index (χ0v) is 13.8. The molecule has 0 heterocycles. The Morgan fingerprint density at radius 1 is 1.45 bits per heavy atom. The summed E-state index contributed by atoms with van der Waals surface area (Å²) in [4.78, 5) is 13.3. The van der Waals surface area contributed by atoms with Crippen molar-refractivity contribution >= 4 is 11.5 Å². The average Bonchev–Trinajstić information content (AvgIpc) is 2.49. The summed E-state index contributed by atoms with van der Waals surface area (Å²) in [6.45, 7) is 8.05. The smallest absolute Gasteiger partial charge is 0.325 e. The minimum atomic E-state index is -0.284. The van der Waals surface area contributed by atoms with Crippen molar-refractivity contribution in [2.45, 2.75) is 26.7 Å². The maximum atomic E-state index is 13.4. The molecule has 0 N–H and O–H groups in total. The average molecular weight is 305 g/mol. The number of benzene rings is 1. The van der Waals surface area contributed by atoms with Crippen molar-refractivity contribution in [1.82, 2.24) is 4.90 Å². The SMILES string of the molecule is C=C(/C=C(/CCC)N(C)CC(=O)OC)c1ccc(F)c(C)c1. The summed E-state index contributed by atoms with van der Waals surface area (Å²) in [6, 6.07) is 4.93. The van der Waals surface area contributed by atoms with Crippen molar-refractivity contribution in [1.29, 1.82) is 0 Å². The molecule has 0 bridgehead atoms. The Labute approximate surface area is 132 Å². The van der Waals surface area contributed by atoms with Crippen LogP contribution in [0, 0.1) is 12.7 Å². The molecule has 4 heteroatoms. The monoisotopic (exact) mass is 305 g/mol. The van der Waals surface area contributed by atoms with E-state index in [1.165, 1.54) is 13.2 Å². The largest absolute Gasteiger partial charge is 0.468 e. The zero-order valence-electron chi connectivity index (χ0n) is 13.8. The highest BCUT2D eigenvalue weighted by Gasteiger charge is 2.10. The van der Waals surface area contributed by atoms with Crippen LogP contribution in [0.3, 0.4) is 0 Å². The second kappa shape index (κ2) is 8.37. The Morgan fingerprint density at radius 2 is 2.14 bits per heavy atom. The van der Waals surface area contributed by atoms with Gasteiger partial charge in [0.15, 0.2) is 0 Å². The van der Waals surface area contributed by atoms with Crippen LogP contribution in [0.2, 0.25) is 0 Å². The number of ether oxygens (including phenoxy) is 1. The number of rotatable bonds is 7. The molecule has 0 aliphatic heterocycles. The number of likely N-dealkylation sites (N-methyl/N-ethyl adjacent to an activating group) is 1. The Balaban J connectivity index is 2.98. The van der Waals surface area contributed by atoms with E-state index in [0.29, 0.717) is 5.56 Å². The Kier molecular flexibility index (Phi) is 6.83. The van der Waals surface area contributed by atoms with Gasteiger partial charge in [-0.25, -0.2) is 4.39 Å². The summed E-state index contributed by atoms with van der Waals surface area (Å²) >= 11 is 0. The van der Waals surface area contributed by atoms with Crippen LogP contribution in [-0.4, -0.2) is 31.6 Å². The molecule has 0 saturated carbocycles. The molecule has 0 saturated heterocycles. The van der Waals surface area contributed by atoms with Gasteiger partial charge in [0.05, 0.1) is 7.11 Å². The van der Waals surface area contributed by atoms with Gasteiger partial charge in [-0.05, 0) is 48.3 Å². The number of nitrogens with zero attached hydrogens (tertiary/aromatic N) is 1. The quantitative estimate of drug-likeness (QED) is 0.564. The third kappa shape index (κ3) is 5.02. The molecule has 3 nitrogen and oxygen atoms in total. The predicted octanol–water partition coefficient (Wildman–Crippen LogP) is 3.94. The van der Waals surface area contributed by atoms with Gasteiger partial charge in [-0.1, -0.05) is 26.0 Å². The van der Waals surface area contributed by atoms with Crippen LogP contribution in [0.4, 0.5) is 4.39 Å². The van der Waals surface area contributed by atoms with Crippen LogP contribution in [0.1, 0.15) is 30.9 Å². The van der Waals surface area contributed by atoms with Crippen LogP contribution in [0.5, 0.6) is 0 Å². The molecule has 0 aromatic heterocycles. The lowest BCUT2D eigenvalue weighted by Crippen LogP contribution is -2.26. The second-order valence-corrected chi connectivity index (χ2v) is 5.31. The minimum Gasteiger partial charge on any atom is -0.468 e. The summed E-state index contributed by atoms with van der Waals surface area (Å²) in [5.41, 5.74) is 3.26. The van der Waals surface area contributed by atoms with Crippen molar-refractivity contribution in [2.24, 2.45) is 0 Å². The molecule has 120 valence electrons. The van der Waals surface area contributed by atoms with Crippen LogP contribution in [-0.2, 0) is 9.53 Å². The number of carbonyl (C=O) groups is 1. The topological polar surface area (TPSA) is 29.5 Å². The van der Waals surface area contributed by atoms with Crippen LogP contribution < -0.4 is 0 Å². The number of methoxy groups -OCH3 is 1. The lowest BCUT2D eigenvalue weighted by Gasteiger charge is -2.22. The molecule has 22 heavy (non-hydrogen) atoms. The van der Waals surface area contributed by atoms with E-state index in [2.05, 4.69) is 13.5 Å². The van der Waals surface area contributed by atoms with Crippen LogP contribution in [0.15, 0.2) is 36.6 Å². The number of esters is 1. The predicted molar refractivity (Wildman–Crippen MR) is 87.8 cm³/mol. The highest BCUT2D eigenvalue weighted by atomic mass is 19.1. The number of carbonyl (C=O) groups excluding carboxylic acids is 1. The number of aryl methyl sites for hydroxylation is 1. The van der Waals surface area contributed by atoms with Crippen LogP contribution in [0.25, 0.3) is 5.57 Å². The molecule has 0 aliphatic carbocycles. The first kappa shape index (κ1) is 18.0. The molecule has 0 radical (unpaired) electrons. The molecule has 1 rings (SSSR count). The van der Waals surface area contributed by atoms with Gasteiger partial charge in [0.2, 0.25) is 0 Å². The minimum absolute atomic E-state index is 0.193. The van der Waals surface area contributed by atoms with Gasteiger partial charge in [-0.15, -0.1) is 0 Å². The molecule has 0 fully saturated rings. The van der Waals surface area contributed by atoms with E-state index in [0.717, 1.165) is 29.7 Å². The van der Waals surface area contributed by atoms with Gasteiger partial charge in [0.25, 0.3) is 0 Å². The van der Waals surface area contributed by atoms with Gasteiger partial charge in [0.1, 0.15) is 12.4 Å². The van der Waals surface area contributed by atoms with E-state index in [1.54, 1.807) is 19.1 Å². The first-order valence-electron chi connectivity index (χ1n) is 7.33. The Hall–Kier alpha value is -2.10. The van der Waals surface area contributed by atoms with Crippen molar-refractivity contribution in [3.05, 3.63) is 53.5 Å². The molecular formula is C18H24FNO2. The second-order valence-electron chi connectivity index (χ2n) is 5.31. The molecule has 1 aromatic carbocycles. The molecule has 1 aromatic rings. The summed E-state index contributed by atoms with van der Waals surface area (Å²) in [6.07, 6.45) is 3.72. The summed E-state index contributed by atoms with van der Waals surface area (Å²) in [7, 11) is 3.22. The third-order valence-corrected chi connectivity index (χ3v) is 3.46. The standard InChI is InChI=1S/C18H24FNO2/c1-6-7-16(20(4)12-18(21)22-5)11-13(2)15-8-9-17(19)14(3)10-15/h8-11H,2,6-7,12H2,1,3-5H3/b16-11-. The molecule has 0 aliphatic rings. The van der Waals surface area contributed by atoms with Crippen molar-refractivity contribution in [2.75, 3.05) is 20.7 Å². The summed E-state index contributed by atoms with van der Waals surface area (Å²) in [5.74, 6) is -0.509. The molecular weight excluding hydrogens is 281 g/mol. The first-order chi connectivity index (χ1) is 10.4. The van der Waals surface area contributed by atoms with E-state index >= 15 is 0 Å². The van der Waals surface area contributed by atoms with Gasteiger partial charge in [0, 0.05) is 12.7 Å². The molecule has 0 unspecified atom stereocenters. The van der Waals surface area contributed by atoms with Gasteiger partial charge in [-0.3, -0.25) is 4.79 Å². The normalized spacial score (nSPS) is 11.2. The molecule has 0 spiro atoms. The number of halogens is 1. The van der Waals surface area contributed by atoms with Crippen molar-refractivity contribution < 1.29 is 13.9 Å². The fourth-order valence-corrected chi connectivity index (χ4v) is 2.12. The lowest BCUT2D eigenvalue weighted by atomic mass is 10.0.